The number of amides is 1. The molecule has 1 fully saturated rings. The average Bonchev–Trinajstić information content (AvgIpc) is 3.16. The van der Waals surface area contributed by atoms with Crippen molar-refractivity contribution in [2.24, 2.45) is 0 Å². The topological polar surface area (TPSA) is 85.0 Å². The molecule has 1 aliphatic rings. The maximum atomic E-state index is 12.9. The van der Waals surface area contributed by atoms with Gasteiger partial charge in [-0.1, -0.05) is 12.1 Å². The second-order valence-electron chi connectivity index (χ2n) is 7.05. The van der Waals surface area contributed by atoms with Gasteiger partial charge in [-0.25, -0.2) is 15.0 Å². The van der Waals surface area contributed by atoms with E-state index >= 15 is 0 Å². The molecule has 0 N–H and O–H groups in total. The molecule has 0 radical (unpaired) electrons. The predicted molar refractivity (Wildman–Crippen MR) is 100 cm³/mol. The maximum absolute atomic E-state index is 12.9. The Morgan fingerprint density at radius 3 is 3.11 bits per heavy atom. The van der Waals surface area contributed by atoms with Crippen LogP contribution in [-0.2, 0) is 6.42 Å². The lowest BCUT2D eigenvalue weighted by molar-refractivity contribution is 0.0695. The molecule has 1 saturated heterocycles. The Balaban J connectivity index is 1.59. The minimum Gasteiger partial charge on any atom is -0.361 e. The van der Waals surface area contributed by atoms with Gasteiger partial charge in [-0.05, 0) is 38.3 Å². The average molecular weight is 365 g/mol. The van der Waals surface area contributed by atoms with Crippen LogP contribution in [0.25, 0.3) is 11.0 Å². The monoisotopic (exact) mass is 365 g/mol. The third-order valence-electron chi connectivity index (χ3n) is 4.98. The number of piperidine rings is 1. The quantitative estimate of drug-likeness (QED) is 0.705. The Morgan fingerprint density at radius 1 is 1.37 bits per heavy atom. The second-order valence-corrected chi connectivity index (χ2v) is 7.05. The molecule has 0 saturated carbocycles. The summed E-state index contributed by atoms with van der Waals surface area (Å²) in [6, 6.07) is 5.68. The van der Waals surface area contributed by atoms with Crippen LogP contribution in [0.5, 0.6) is 0 Å². The molecule has 4 heterocycles. The van der Waals surface area contributed by atoms with E-state index in [-0.39, 0.29) is 11.8 Å². The molecule has 1 atom stereocenters. The number of fused-ring (bicyclic) bond motifs is 1. The standard InChI is InChI=1S/C20H23N5O2/c1-3-6-15-11-17(24-27-15)20(26)25-10-5-7-14(12-25)18-16-8-4-9-21-19(16)23-13(2)22-18/h4,8-9,11,14H,3,5-7,10,12H2,1-2H3/t14-/m0/s1. The van der Waals surface area contributed by atoms with E-state index < -0.39 is 0 Å². The number of likely N-dealkylation sites (tertiary alicyclic amines) is 1. The smallest absolute Gasteiger partial charge is 0.276 e. The summed E-state index contributed by atoms with van der Waals surface area (Å²) >= 11 is 0. The fourth-order valence-corrected chi connectivity index (χ4v) is 3.73. The largest absolute Gasteiger partial charge is 0.361 e. The molecule has 0 bridgehead atoms. The van der Waals surface area contributed by atoms with E-state index in [0.717, 1.165) is 49.1 Å². The lowest BCUT2D eigenvalue weighted by Gasteiger charge is -2.32. The fraction of sp³-hybridized carbons (Fsp3) is 0.450. The molecule has 3 aromatic rings. The second kappa shape index (κ2) is 7.42. The number of hydrogen-bond donors (Lipinski definition) is 0. The molecule has 27 heavy (non-hydrogen) atoms. The normalized spacial score (nSPS) is 17.4. The fourth-order valence-electron chi connectivity index (χ4n) is 3.73. The predicted octanol–water partition coefficient (Wildman–Crippen LogP) is 3.29. The summed E-state index contributed by atoms with van der Waals surface area (Å²) in [7, 11) is 0. The molecule has 7 heteroatoms. The SMILES string of the molecule is CCCc1cc(C(=O)N2CCC[C@H](c3nc(C)nc4ncccc34)C2)no1. The number of aryl methyl sites for hydroxylation is 2. The van der Waals surface area contributed by atoms with Gasteiger partial charge in [-0.2, -0.15) is 0 Å². The van der Waals surface area contributed by atoms with Gasteiger partial charge in [-0.15, -0.1) is 0 Å². The van der Waals surface area contributed by atoms with Crippen LogP contribution >= 0.6 is 0 Å². The Hall–Kier alpha value is -2.83. The van der Waals surface area contributed by atoms with E-state index in [1.807, 2.05) is 24.0 Å². The van der Waals surface area contributed by atoms with Gasteiger partial charge in [0.15, 0.2) is 11.3 Å². The Bertz CT molecular complexity index is 968. The molecule has 140 valence electrons. The van der Waals surface area contributed by atoms with Crippen molar-refractivity contribution < 1.29 is 9.32 Å². The van der Waals surface area contributed by atoms with Crippen molar-refractivity contribution in [2.45, 2.75) is 45.4 Å². The molecule has 1 aliphatic heterocycles. The zero-order valence-electron chi connectivity index (χ0n) is 15.7. The highest BCUT2D eigenvalue weighted by atomic mass is 16.5. The van der Waals surface area contributed by atoms with Gasteiger partial charge in [0.25, 0.3) is 5.91 Å². The lowest BCUT2D eigenvalue weighted by atomic mass is 9.92. The van der Waals surface area contributed by atoms with Crippen molar-refractivity contribution in [2.75, 3.05) is 13.1 Å². The lowest BCUT2D eigenvalue weighted by Crippen LogP contribution is -2.39. The Labute approximate surface area is 157 Å². The highest BCUT2D eigenvalue weighted by molar-refractivity contribution is 5.92. The summed E-state index contributed by atoms with van der Waals surface area (Å²) < 4.78 is 5.28. The highest BCUT2D eigenvalue weighted by Gasteiger charge is 2.29. The van der Waals surface area contributed by atoms with Crippen molar-refractivity contribution in [1.29, 1.82) is 0 Å². The van der Waals surface area contributed by atoms with Gasteiger partial charge in [0, 0.05) is 43.1 Å². The van der Waals surface area contributed by atoms with Crippen LogP contribution in [0.2, 0.25) is 0 Å². The minimum absolute atomic E-state index is 0.0704. The third-order valence-corrected chi connectivity index (χ3v) is 4.98. The number of carbonyl (C=O) groups excluding carboxylic acids is 1. The van der Waals surface area contributed by atoms with Crippen molar-refractivity contribution in [3.63, 3.8) is 0 Å². The van der Waals surface area contributed by atoms with Crippen LogP contribution < -0.4 is 0 Å². The zero-order valence-corrected chi connectivity index (χ0v) is 15.7. The van der Waals surface area contributed by atoms with Crippen LogP contribution in [0.1, 0.15) is 59.9 Å². The molecule has 7 nitrogen and oxygen atoms in total. The van der Waals surface area contributed by atoms with Gasteiger partial charge in [0.05, 0.1) is 5.69 Å². The van der Waals surface area contributed by atoms with Gasteiger partial charge in [0.2, 0.25) is 0 Å². The first-order valence-electron chi connectivity index (χ1n) is 9.50. The van der Waals surface area contributed by atoms with Crippen LogP contribution in [0.15, 0.2) is 28.9 Å². The first-order valence-corrected chi connectivity index (χ1v) is 9.50. The van der Waals surface area contributed by atoms with Crippen LogP contribution in [-0.4, -0.2) is 44.0 Å². The van der Waals surface area contributed by atoms with E-state index in [2.05, 4.69) is 22.0 Å². The summed E-state index contributed by atoms with van der Waals surface area (Å²) in [4.78, 5) is 28.2. The van der Waals surface area contributed by atoms with Crippen molar-refractivity contribution in [3.05, 3.63) is 47.4 Å². The van der Waals surface area contributed by atoms with Crippen LogP contribution in [0.3, 0.4) is 0 Å². The minimum atomic E-state index is -0.0704. The molecule has 0 aliphatic carbocycles. The van der Waals surface area contributed by atoms with Crippen molar-refractivity contribution in [3.8, 4) is 0 Å². The molecule has 4 rings (SSSR count). The summed E-state index contributed by atoms with van der Waals surface area (Å²) in [6.45, 7) is 5.30. The number of aromatic nitrogens is 4. The van der Waals surface area contributed by atoms with Gasteiger partial charge in [-0.3, -0.25) is 4.79 Å². The summed E-state index contributed by atoms with van der Waals surface area (Å²) in [5.41, 5.74) is 2.09. The van der Waals surface area contributed by atoms with E-state index in [0.29, 0.717) is 23.7 Å². The van der Waals surface area contributed by atoms with E-state index in [9.17, 15) is 4.79 Å². The van der Waals surface area contributed by atoms with E-state index in [4.69, 9.17) is 9.51 Å². The van der Waals surface area contributed by atoms with Crippen molar-refractivity contribution in [1.82, 2.24) is 25.0 Å². The molecular formula is C20H23N5O2. The Kier molecular flexibility index (Phi) is 4.83. The first-order chi connectivity index (χ1) is 13.2. The zero-order chi connectivity index (χ0) is 18.8. The molecule has 0 aromatic carbocycles. The number of nitrogens with zero attached hydrogens (tertiary/aromatic N) is 5. The van der Waals surface area contributed by atoms with Crippen LogP contribution in [0.4, 0.5) is 0 Å². The number of carbonyl (C=O) groups is 1. The number of pyridine rings is 1. The molecule has 0 unspecified atom stereocenters. The van der Waals surface area contributed by atoms with Crippen LogP contribution in [0, 0.1) is 6.92 Å². The molecule has 3 aromatic heterocycles. The first kappa shape index (κ1) is 17.6. The molecule has 1 amide bonds. The summed E-state index contributed by atoms with van der Waals surface area (Å²) in [5, 5.41) is 4.94. The highest BCUT2D eigenvalue weighted by Crippen LogP contribution is 2.30. The number of hydrogen-bond acceptors (Lipinski definition) is 6. The number of rotatable bonds is 4. The van der Waals surface area contributed by atoms with Gasteiger partial charge < -0.3 is 9.42 Å². The molecule has 0 spiro atoms. The maximum Gasteiger partial charge on any atom is 0.276 e. The van der Waals surface area contributed by atoms with E-state index in [1.165, 1.54) is 0 Å². The van der Waals surface area contributed by atoms with E-state index in [1.54, 1.807) is 12.3 Å². The third kappa shape index (κ3) is 3.54. The van der Waals surface area contributed by atoms with Gasteiger partial charge in [0.1, 0.15) is 11.6 Å². The summed E-state index contributed by atoms with van der Waals surface area (Å²) in [5.74, 6) is 1.57. The summed E-state index contributed by atoms with van der Waals surface area (Å²) in [6.07, 6.45) is 5.42. The Morgan fingerprint density at radius 2 is 2.26 bits per heavy atom. The van der Waals surface area contributed by atoms with Gasteiger partial charge >= 0.3 is 0 Å². The molecular weight excluding hydrogens is 342 g/mol. The van der Waals surface area contributed by atoms with Crippen molar-refractivity contribution >= 4 is 16.9 Å².